The lowest BCUT2D eigenvalue weighted by atomic mass is 10.0. The van der Waals surface area contributed by atoms with E-state index in [1.807, 2.05) is 0 Å². The minimum absolute atomic E-state index is 0.570. The van der Waals surface area contributed by atoms with Crippen LogP contribution < -0.4 is 4.74 Å². The highest BCUT2D eigenvalue weighted by molar-refractivity contribution is 5.34. The van der Waals surface area contributed by atoms with E-state index < -0.39 is 6.10 Å². The number of rotatable bonds is 4. The molecule has 0 bridgehead atoms. The number of methoxy groups -OCH3 is 1. The Hall–Kier alpha value is -1.76. The van der Waals surface area contributed by atoms with Crippen molar-refractivity contribution < 1.29 is 9.84 Å². The number of benzene rings is 1. The molecule has 0 saturated carbocycles. The Kier molecular flexibility index (Phi) is 3.92. The Morgan fingerprint density at radius 3 is 2.47 bits per heavy atom. The molecular formula is C13H14O2. The lowest BCUT2D eigenvalue weighted by molar-refractivity contribution is 0.220. The summed E-state index contributed by atoms with van der Waals surface area (Å²) in [5, 5.41) is 9.89. The summed E-state index contributed by atoms with van der Waals surface area (Å²) in [4.78, 5) is 0. The standard InChI is InChI=1S/C13H14O2/c1-4-10(5-2)13(14)11-6-8-12(15-3)9-7-11/h4,6-9,13-14H,1-2H2,3H3. The van der Waals surface area contributed by atoms with E-state index in [0.717, 1.165) is 11.3 Å². The van der Waals surface area contributed by atoms with Gasteiger partial charge in [0.1, 0.15) is 11.9 Å². The van der Waals surface area contributed by atoms with E-state index in [0.29, 0.717) is 5.57 Å². The Bertz CT molecular complexity index is 384. The number of aliphatic hydroxyl groups is 1. The zero-order chi connectivity index (χ0) is 11.3. The molecule has 0 aliphatic rings. The van der Waals surface area contributed by atoms with Crippen LogP contribution in [0.15, 0.2) is 54.8 Å². The van der Waals surface area contributed by atoms with Crippen LogP contribution in [0.25, 0.3) is 0 Å². The van der Waals surface area contributed by atoms with Gasteiger partial charge >= 0.3 is 0 Å². The fourth-order valence-corrected chi connectivity index (χ4v) is 1.25. The van der Waals surface area contributed by atoms with Crippen LogP contribution in [0.4, 0.5) is 0 Å². The molecule has 1 aromatic rings. The van der Waals surface area contributed by atoms with Crippen LogP contribution in [0.2, 0.25) is 0 Å². The van der Waals surface area contributed by atoms with Crippen molar-refractivity contribution in [3.05, 3.63) is 60.4 Å². The summed E-state index contributed by atoms with van der Waals surface area (Å²) >= 11 is 0. The minimum Gasteiger partial charge on any atom is -0.497 e. The second-order valence-electron chi connectivity index (χ2n) is 3.01. The van der Waals surface area contributed by atoms with Crippen LogP contribution in [0.5, 0.6) is 5.75 Å². The summed E-state index contributed by atoms with van der Waals surface area (Å²) in [7, 11) is 1.60. The molecule has 15 heavy (non-hydrogen) atoms. The Labute approximate surface area is 89.8 Å². The van der Waals surface area contributed by atoms with Crippen LogP contribution in [0.1, 0.15) is 11.7 Å². The Morgan fingerprint density at radius 1 is 1.47 bits per heavy atom. The highest BCUT2D eigenvalue weighted by Gasteiger charge is 2.09. The van der Waals surface area contributed by atoms with Gasteiger partial charge in [-0.05, 0) is 17.7 Å². The molecule has 1 rings (SSSR count). The first-order valence-electron chi connectivity index (χ1n) is 4.57. The van der Waals surface area contributed by atoms with E-state index in [9.17, 15) is 5.11 Å². The fourth-order valence-electron chi connectivity index (χ4n) is 1.25. The molecule has 1 N–H and O–H groups in total. The number of aliphatic hydroxyl groups excluding tert-OH is 1. The molecule has 0 fully saturated rings. The van der Waals surface area contributed by atoms with E-state index in [2.05, 4.69) is 18.9 Å². The summed E-state index contributed by atoms with van der Waals surface area (Å²) < 4.78 is 5.03. The smallest absolute Gasteiger partial charge is 0.118 e. The van der Waals surface area contributed by atoms with Crippen molar-refractivity contribution in [1.29, 1.82) is 0 Å². The van der Waals surface area contributed by atoms with E-state index in [-0.39, 0.29) is 0 Å². The summed E-state index contributed by atoms with van der Waals surface area (Å²) in [6.07, 6.45) is 0.813. The molecular weight excluding hydrogens is 188 g/mol. The van der Waals surface area contributed by atoms with Crippen molar-refractivity contribution in [3.63, 3.8) is 0 Å². The molecule has 0 spiro atoms. The number of hydrogen-bond donors (Lipinski definition) is 1. The molecule has 78 valence electrons. The molecule has 0 aliphatic carbocycles. The zero-order valence-electron chi connectivity index (χ0n) is 8.73. The number of ether oxygens (including phenoxy) is 1. The van der Waals surface area contributed by atoms with E-state index in [1.165, 1.54) is 0 Å². The summed E-state index contributed by atoms with van der Waals surface area (Å²) in [5.41, 5.74) is 3.98. The maximum Gasteiger partial charge on any atom is 0.118 e. The molecule has 2 nitrogen and oxygen atoms in total. The summed E-state index contributed by atoms with van der Waals surface area (Å²) in [6, 6.07) is 7.18. The third kappa shape index (κ3) is 2.59. The highest BCUT2D eigenvalue weighted by Crippen LogP contribution is 2.23. The van der Waals surface area contributed by atoms with E-state index in [1.54, 1.807) is 37.5 Å². The van der Waals surface area contributed by atoms with E-state index >= 15 is 0 Å². The molecule has 1 unspecified atom stereocenters. The van der Waals surface area contributed by atoms with Gasteiger partial charge < -0.3 is 9.84 Å². The maximum atomic E-state index is 9.89. The quantitative estimate of drug-likeness (QED) is 0.600. The normalized spacial score (nSPS) is 11.3. The van der Waals surface area contributed by atoms with Gasteiger partial charge in [-0.1, -0.05) is 31.4 Å². The van der Waals surface area contributed by atoms with Crippen LogP contribution in [0.3, 0.4) is 0 Å². The maximum absolute atomic E-state index is 9.89. The SMILES string of the molecule is C=C=C(C=C)C(O)c1ccc(OC)cc1. The van der Waals surface area contributed by atoms with Crippen LogP contribution in [0, 0.1) is 0 Å². The zero-order valence-corrected chi connectivity index (χ0v) is 8.73. The van der Waals surface area contributed by atoms with Crippen LogP contribution in [-0.2, 0) is 0 Å². The predicted octanol–water partition coefficient (Wildman–Crippen LogP) is 2.63. The largest absolute Gasteiger partial charge is 0.497 e. The summed E-state index contributed by atoms with van der Waals surface area (Å²) in [6.45, 7) is 7.08. The molecule has 0 amide bonds. The third-order valence-corrected chi connectivity index (χ3v) is 2.15. The molecule has 2 heteroatoms. The first-order valence-corrected chi connectivity index (χ1v) is 4.57. The second-order valence-corrected chi connectivity index (χ2v) is 3.01. The molecule has 0 saturated heterocycles. The van der Waals surface area contributed by atoms with Crippen molar-refractivity contribution in [2.45, 2.75) is 6.10 Å². The van der Waals surface area contributed by atoms with Crippen LogP contribution >= 0.6 is 0 Å². The van der Waals surface area contributed by atoms with Gasteiger partial charge in [0.25, 0.3) is 0 Å². The van der Waals surface area contributed by atoms with E-state index in [4.69, 9.17) is 4.74 Å². The van der Waals surface area contributed by atoms with Gasteiger partial charge in [0.2, 0.25) is 0 Å². The summed E-state index contributed by atoms with van der Waals surface area (Å²) in [5.74, 6) is 0.758. The van der Waals surface area contributed by atoms with Crippen molar-refractivity contribution in [3.8, 4) is 5.75 Å². The van der Waals surface area contributed by atoms with Gasteiger partial charge in [-0.25, -0.2) is 0 Å². The van der Waals surface area contributed by atoms with Crippen molar-refractivity contribution in [1.82, 2.24) is 0 Å². The van der Waals surface area contributed by atoms with Crippen molar-refractivity contribution in [2.75, 3.05) is 7.11 Å². The van der Waals surface area contributed by atoms with Crippen molar-refractivity contribution in [2.24, 2.45) is 0 Å². The number of hydrogen-bond acceptors (Lipinski definition) is 2. The first kappa shape index (κ1) is 11.3. The highest BCUT2D eigenvalue weighted by atomic mass is 16.5. The molecule has 0 aliphatic heterocycles. The fraction of sp³-hybridized carbons (Fsp3) is 0.154. The van der Waals surface area contributed by atoms with Gasteiger partial charge in [-0.2, -0.15) is 0 Å². The molecule has 0 radical (unpaired) electrons. The Balaban J connectivity index is 2.96. The van der Waals surface area contributed by atoms with Gasteiger partial charge in [-0.15, -0.1) is 5.73 Å². The van der Waals surface area contributed by atoms with Gasteiger partial charge in [0.15, 0.2) is 0 Å². The average molecular weight is 202 g/mol. The first-order chi connectivity index (χ1) is 7.22. The molecule has 1 atom stereocenters. The lowest BCUT2D eigenvalue weighted by Gasteiger charge is -2.10. The van der Waals surface area contributed by atoms with Gasteiger partial charge in [-0.3, -0.25) is 0 Å². The van der Waals surface area contributed by atoms with Crippen molar-refractivity contribution >= 4 is 0 Å². The second kappa shape index (κ2) is 5.20. The van der Waals surface area contributed by atoms with Gasteiger partial charge in [0, 0.05) is 5.57 Å². The molecule has 0 heterocycles. The Morgan fingerprint density at radius 2 is 2.07 bits per heavy atom. The van der Waals surface area contributed by atoms with Crippen LogP contribution in [-0.4, -0.2) is 12.2 Å². The molecule has 0 aromatic heterocycles. The molecule has 1 aromatic carbocycles. The average Bonchev–Trinajstić information content (AvgIpc) is 2.30. The third-order valence-electron chi connectivity index (χ3n) is 2.15. The topological polar surface area (TPSA) is 29.5 Å². The monoisotopic (exact) mass is 202 g/mol. The minimum atomic E-state index is -0.731. The van der Waals surface area contributed by atoms with Gasteiger partial charge in [0.05, 0.1) is 7.11 Å². The predicted molar refractivity (Wildman–Crippen MR) is 60.8 cm³/mol. The lowest BCUT2D eigenvalue weighted by Crippen LogP contribution is -1.98.